The zero-order valence-electron chi connectivity index (χ0n) is 11.9. The standard InChI is InChI=1S/C16H21NO3S/c18-14(12-19-13-15-5-4-9-20-15)11-17-8-10-21-16-6-2-1-3-7-16/h1-7,9,14,17-18H,8,10-13H2. The molecule has 4 nitrogen and oxygen atoms in total. The van der Waals surface area contributed by atoms with Crippen LogP contribution in [0.15, 0.2) is 58.0 Å². The predicted molar refractivity (Wildman–Crippen MR) is 84.4 cm³/mol. The lowest BCUT2D eigenvalue weighted by Crippen LogP contribution is -2.31. The second-order valence-electron chi connectivity index (χ2n) is 4.61. The predicted octanol–water partition coefficient (Wildman–Crippen LogP) is 2.54. The maximum absolute atomic E-state index is 9.77. The van der Waals surface area contributed by atoms with Crippen LogP contribution in [0.2, 0.25) is 0 Å². The molecule has 1 unspecified atom stereocenters. The minimum absolute atomic E-state index is 0.305. The van der Waals surface area contributed by atoms with Crippen molar-refractivity contribution in [1.29, 1.82) is 0 Å². The summed E-state index contributed by atoms with van der Waals surface area (Å²) in [6, 6.07) is 14.0. The minimum atomic E-state index is -0.498. The van der Waals surface area contributed by atoms with Gasteiger partial charge in [0.1, 0.15) is 12.4 Å². The first-order valence-corrected chi connectivity index (χ1v) is 8.00. The summed E-state index contributed by atoms with van der Waals surface area (Å²) in [6.07, 6.45) is 1.11. The molecule has 0 aliphatic carbocycles. The van der Waals surface area contributed by atoms with Gasteiger partial charge < -0.3 is 19.6 Å². The first-order valence-electron chi connectivity index (χ1n) is 7.01. The monoisotopic (exact) mass is 307 g/mol. The summed E-state index contributed by atoms with van der Waals surface area (Å²) >= 11 is 1.80. The second-order valence-corrected chi connectivity index (χ2v) is 5.78. The third-order valence-corrected chi connectivity index (χ3v) is 3.82. The van der Waals surface area contributed by atoms with Crippen LogP contribution in [0.1, 0.15) is 5.76 Å². The molecule has 1 aromatic heterocycles. The Morgan fingerprint density at radius 2 is 2.05 bits per heavy atom. The normalized spacial score (nSPS) is 12.4. The van der Waals surface area contributed by atoms with E-state index in [0.717, 1.165) is 18.1 Å². The first kappa shape index (κ1) is 16.1. The Morgan fingerprint density at radius 3 is 2.81 bits per heavy atom. The summed E-state index contributed by atoms with van der Waals surface area (Å²) in [6.45, 7) is 2.09. The maximum Gasteiger partial charge on any atom is 0.129 e. The number of aliphatic hydroxyl groups excluding tert-OH is 1. The highest BCUT2D eigenvalue weighted by atomic mass is 32.2. The second kappa shape index (κ2) is 9.63. The van der Waals surface area contributed by atoms with E-state index < -0.39 is 6.10 Å². The molecule has 2 rings (SSSR count). The van der Waals surface area contributed by atoms with Gasteiger partial charge in [0.25, 0.3) is 0 Å². The fourth-order valence-corrected chi connectivity index (χ4v) is 2.61. The average molecular weight is 307 g/mol. The van der Waals surface area contributed by atoms with Crippen molar-refractivity contribution in [2.45, 2.75) is 17.6 Å². The first-order chi connectivity index (χ1) is 10.3. The van der Waals surface area contributed by atoms with Gasteiger partial charge in [-0.1, -0.05) is 18.2 Å². The van der Waals surface area contributed by atoms with E-state index in [1.807, 2.05) is 30.3 Å². The maximum atomic E-state index is 9.77. The van der Waals surface area contributed by atoms with Crippen molar-refractivity contribution >= 4 is 11.8 Å². The lowest BCUT2D eigenvalue weighted by Gasteiger charge is -2.11. The summed E-state index contributed by atoms with van der Waals surface area (Å²) in [5.74, 6) is 1.75. The fraction of sp³-hybridized carbons (Fsp3) is 0.375. The molecule has 0 aliphatic heterocycles. The molecule has 0 saturated heterocycles. The summed E-state index contributed by atoms with van der Waals surface area (Å²) in [5.41, 5.74) is 0. The molecule has 0 spiro atoms. The van der Waals surface area contributed by atoms with Crippen LogP contribution in [-0.4, -0.2) is 36.7 Å². The Labute approximate surface area is 129 Å². The highest BCUT2D eigenvalue weighted by Crippen LogP contribution is 2.15. The van der Waals surface area contributed by atoms with Crippen LogP contribution in [0.5, 0.6) is 0 Å². The van der Waals surface area contributed by atoms with Gasteiger partial charge >= 0.3 is 0 Å². The van der Waals surface area contributed by atoms with E-state index in [-0.39, 0.29) is 0 Å². The van der Waals surface area contributed by atoms with Gasteiger partial charge in [-0.05, 0) is 24.3 Å². The van der Waals surface area contributed by atoms with E-state index in [9.17, 15) is 5.11 Å². The third kappa shape index (κ3) is 6.82. The van der Waals surface area contributed by atoms with Crippen LogP contribution in [0.3, 0.4) is 0 Å². The van der Waals surface area contributed by atoms with Crippen LogP contribution in [0.4, 0.5) is 0 Å². The molecule has 1 heterocycles. The van der Waals surface area contributed by atoms with Crippen LogP contribution >= 0.6 is 11.8 Å². The third-order valence-electron chi connectivity index (χ3n) is 2.81. The number of hydrogen-bond donors (Lipinski definition) is 2. The Hall–Kier alpha value is -1.27. The van der Waals surface area contributed by atoms with Crippen molar-refractivity contribution in [2.75, 3.05) is 25.4 Å². The zero-order chi connectivity index (χ0) is 14.8. The van der Waals surface area contributed by atoms with Gasteiger partial charge in [-0.3, -0.25) is 0 Å². The SMILES string of the molecule is OC(CNCCSc1ccccc1)COCc1ccco1. The molecular weight excluding hydrogens is 286 g/mol. The fourth-order valence-electron chi connectivity index (χ4n) is 1.78. The highest BCUT2D eigenvalue weighted by Gasteiger charge is 2.04. The van der Waals surface area contributed by atoms with Crippen molar-refractivity contribution in [3.05, 3.63) is 54.5 Å². The Morgan fingerprint density at radius 1 is 1.19 bits per heavy atom. The van der Waals surface area contributed by atoms with Gasteiger partial charge in [0, 0.05) is 23.7 Å². The quantitative estimate of drug-likeness (QED) is 0.522. The van der Waals surface area contributed by atoms with Crippen molar-refractivity contribution in [2.24, 2.45) is 0 Å². The molecule has 1 atom stereocenters. The Balaban J connectivity index is 1.46. The Kier molecular flexibility index (Phi) is 7.38. The largest absolute Gasteiger partial charge is 0.467 e. The molecule has 5 heteroatoms. The van der Waals surface area contributed by atoms with Crippen LogP contribution in [-0.2, 0) is 11.3 Å². The number of nitrogens with one attached hydrogen (secondary N) is 1. The molecule has 0 aliphatic rings. The lowest BCUT2D eigenvalue weighted by atomic mass is 10.4. The smallest absolute Gasteiger partial charge is 0.129 e. The molecule has 0 radical (unpaired) electrons. The molecule has 114 valence electrons. The van der Waals surface area contributed by atoms with E-state index in [1.165, 1.54) is 4.90 Å². The minimum Gasteiger partial charge on any atom is -0.467 e. The van der Waals surface area contributed by atoms with Gasteiger partial charge in [0.05, 0.1) is 19.0 Å². The van der Waals surface area contributed by atoms with Crippen molar-refractivity contribution in [3.8, 4) is 0 Å². The van der Waals surface area contributed by atoms with E-state index in [2.05, 4.69) is 17.4 Å². The van der Waals surface area contributed by atoms with Gasteiger partial charge in [-0.25, -0.2) is 0 Å². The summed E-state index contributed by atoms with van der Waals surface area (Å²) in [7, 11) is 0. The molecule has 0 bridgehead atoms. The summed E-state index contributed by atoms with van der Waals surface area (Å²) in [4.78, 5) is 1.27. The number of ether oxygens (including phenoxy) is 1. The van der Waals surface area contributed by atoms with E-state index in [1.54, 1.807) is 18.0 Å². The molecule has 21 heavy (non-hydrogen) atoms. The number of furan rings is 1. The molecule has 0 amide bonds. The van der Waals surface area contributed by atoms with Crippen molar-refractivity contribution in [1.82, 2.24) is 5.32 Å². The highest BCUT2D eigenvalue weighted by molar-refractivity contribution is 7.99. The van der Waals surface area contributed by atoms with Crippen LogP contribution in [0.25, 0.3) is 0 Å². The van der Waals surface area contributed by atoms with E-state index in [0.29, 0.717) is 19.8 Å². The van der Waals surface area contributed by atoms with Crippen LogP contribution in [0, 0.1) is 0 Å². The van der Waals surface area contributed by atoms with E-state index in [4.69, 9.17) is 9.15 Å². The van der Waals surface area contributed by atoms with Gasteiger partial charge in [0.2, 0.25) is 0 Å². The number of benzene rings is 1. The molecule has 2 aromatic rings. The van der Waals surface area contributed by atoms with Crippen LogP contribution < -0.4 is 5.32 Å². The van der Waals surface area contributed by atoms with Crippen molar-refractivity contribution < 1.29 is 14.3 Å². The summed E-state index contributed by atoms with van der Waals surface area (Å²) < 4.78 is 10.5. The molecular formula is C16H21NO3S. The van der Waals surface area contributed by atoms with Gasteiger partial charge in [-0.15, -0.1) is 11.8 Å². The number of thioether (sulfide) groups is 1. The van der Waals surface area contributed by atoms with Gasteiger partial charge in [-0.2, -0.15) is 0 Å². The topological polar surface area (TPSA) is 54.6 Å². The molecule has 1 aromatic carbocycles. The van der Waals surface area contributed by atoms with Gasteiger partial charge in [0.15, 0.2) is 0 Å². The Bertz CT molecular complexity index is 476. The molecule has 0 fully saturated rings. The molecule has 0 saturated carbocycles. The average Bonchev–Trinajstić information content (AvgIpc) is 3.01. The van der Waals surface area contributed by atoms with Crippen molar-refractivity contribution in [3.63, 3.8) is 0 Å². The number of hydrogen-bond acceptors (Lipinski definition) is 5. The molecule has 2 N–H and O–H groups in total. The lowest BCUT2D eigenvalue weighted by molar-refractivity contribution is 0.0229. The number of rotatable bonds is 10. The zero-order valence-corrected chi connectivity index (χ0v) is 12.7. The number of aliphatic hydroxyl groups is 1. The summed E-state index contributed by atoms with van der Waals surface area (Å²) in [5, 5.41) is 13.0. The van der Waals surface area contributed by atoms with E-state index >= 15 is 0 Å².